The van der Waals surface area contributed by atoms with Gasteiger partial charge >= 0.3 is 0 Å². The van der Waals surface area contributed by atoms with Gasteiger partial charge in [-0.25, -0.2) is 13.4 Å². The number of nitrogens with zero attached hydrogens (tertiary/aromatic N) is 3. The molecular weight excluding hydrogens is 306 g/mol. The molecule has 0 aliphatic carbocycles. The van der Waals surface area contributed by atoms with Crippen molar-refractivity contribution in [1.82, 2.24) is 9.97 Å². The maximum atomic E-state index is 12.4. The molecule has 3 aromatic rings. The highest BCUT2D eigenvalue weighted by molar-refractivity contribution is 7.91. The van der Waals surface area contributed by atoms with Crippen molar-refractivity contribution in [2.24, 2.45) is 0 Å². The number of nitro benzene ring substituents is 1. The summed E-state index contributed by atoms with van der Waals surface area (Å²) in [6.07, 6.45) is 1.11. The van der Waals surface area contributed by atoms with Crippen molar-refractivity contribution in [3.63, 3.8) is 0 Å². The minimum absolute atomic E-state index is 0.116. The highest BCUT2D eigenvalue weighted by Gasteiger charge is 2.20. The van der Waals surface area contributed by atoms with Crippen molar-refractivity contribution < 1.29 is 13.3 Å². The Hall–Kier alpha value is -2.87. The highest BCUT2D eigenvalue weighted by Crippen LogP contribution is 2.22. The van der Waals surface area contributed by atoms with Crippen molar-refractivity contribution in [1.29, 1.82) is 0 Å². The molecule has 0 bridgehead atoms. The Labute approximate surface area is 125 Å². The molecule has 0 aliphatic heterocycles. The van der Waals surface area contributed by atoms with E-state index >= 15 is 0 Å². The number of sulfone groups is 1. The Morgan fingerprint density at radius 2 is 1.73 bits per heavy atom. The van der Waals surface area contributed by atoms with E-state index in [1.807, 2.05) is 0 Å². The first-order chi connectivity index (χ1) is 10.5. The van der Waals surface area contributed by atoms with E-state index in [4.69, 9.17) is 0 Å². The van der Waals surface area contributed by atoms with Crippen LogP contribution in [0, 0.1) is 10.1 Å². The standard InChI is InChI=1S/C14H9N3O4S/c18-17(19)10-6-7-12-13(8-10)15-9-14(16-12)22(20,21)11-4-2-1-3-5-11/h1-9H. The topological polar surface area (TPSA) is 103 Å². The predicted octanol–water partition coefficient (Wildman–Crippen LogP) is 2.37. The third-order valence-electron chi connectivity index (χ3n) is 3.04. The molecule has 0 N–H and O–H groups in total. The number of rotatable bonds is 3. The van der Waals surface area contributed by atoms with Crippen LogP contribution in [0.25, 0.3) is 11.0 Å². The van der Waals surface area contributed by atoms with Gasteiger partial charge < -0.3 is 0 Å². The van der Waals surface area contributed by atoms with E-state index in [2.05, 4.69) is 9.97 Å². The van der Waals surface area contributed by atoms with Crippen LogP contribution in [-0.4, -0.2) is 23.3 Å². The molecule has 1 heterocycles. The van der Waals surface area contributed by atoms with Crippen molar-refractivity contribution in [3.05, 3.63) is 64.8 Å². The van der Waals surface area contributed by atoms with Gasteiger partial charge in [0.1, 0.15) is 0 Å². The summed E-state index contributed by atoms with van der Waals surface area (Å²) < 4.78 is 24.9. The summed E-state index contributed by atoms with van der Waals surface area (Å²) in [5, 5.41) is 10.5. The van der Waals surface area contributed by atoms with E-state index in [0.29, 0.717) is 0 Å². The highest BCUT2D eigenvalue weighted by atomic mass is 32.2. The zero-order valence-electron chi connectivity index (χ0n) is 11.1. The van der Waals surface area contributed by atoms with Crippen molar-refractivity contribution in [3.8, 4) is 0 Å². The lowest BCUT2D eigenvalue weighted by molar-refractivity contribution is -0.384. The largest absolute Gasteiger partial charge is 0.271 e. The van der Waals surface area contributed by atoms with Gasteiger partial charge in [0.05, 0.1) is 27.0 Å². The maximum absolute atomic E-state index is 12.4. The second-order valence-electron chi connectivity index (χ2n) is 4.45. The summed E-state index contributed by atoms with van der Waals surface area (Å²) in [6.45, 7) is 0. The number of fused-ring (bicyclic) bond motifs is 1. The second-order valence-corrected chi connectivity index (χ2v) is 6.35. The lowest BCUT2D eigenvalue weighted by atomic mass is 10.3. The van der Waals surface area contributed by atoms with Gasteiger partial charge in [0, 0.05) is 12.1 Å². The molecule has 7 nitrogen and oxygen atoms in total. The molecule has 0 atom stereocenters. The number of aromatic nitrogens is 2. The Morgan fingerprint density at radius 1 is 1.00 bits per heavy atom. The molecule has 3 rings (SSSR count). The van der Waals surface area contributed by atoms with E-state index in [1.54, 1.807) is 18.2 Å². The van der Waals surface area contributed by atoms with Gasteiger partial charge in [-0.05, 0) is 18.2 Å². The molecule has 0 saturated carbocycles. The van der Waals surface area contributed by atoms with Crippen LogP contribution < -0.4 is 0 Å². The molecule has 8 heteroatoms. The molecule has 0 amide bonds. The Morgan fingerprint density at radius 3 is 2.41 bits per heavy atom. The van der Waals surface area contributed by atoms with Crippen LogP contribution >= 0.6 is 0 Å². The maximum Gasteiger partial charge on any atom is 0.271 e. The normalized spacial score (nSPS) is 11.5. The summed E-state index contributed by atoms with van der Waals surface area (Å²) in [6, 6.07) is 11.8. The summed E-state index contributed by atoms with van der Waals surface area (Å²) in [4.78, 5) is 18.3. The number of non-ortho nitro benzene ring substituents is 1. The summed E-state index contributed by atoms with van der Waals surface area (Å²) in [5.41, 5.74) is 0.421. The van der Waals surface area contributed by atoms with Gasteiger partial charge in [-0.15, -0.1) is 0 Å². The van der Waals surface area contributed by atoms with Crippen LogP contribution in [0.3, 0.4) is 0 Å². The predicted molar refractivity (Wildman–Crippen MR) is 78.1 cm³/mol. The molecule has 0 radical (unpaired) electrons. The molecule has 0 saturated heterocycles. The summed E-state index contributed by atoms with van der Waals surface area (Å²) >= 11 is 0. The first kappa shape index (κ1) is 14.1. The van der Waals surface area contributed by atoms with Crippen LogP contribution in [0.4, 0.5) is 5.69 Å². The minimum Gasteiger partial charge on any atom is -0.258 e. The van der Waals surface area contributed by atoms with Crippen molar-refractivity contribution in [2.45, 2.75) is 9.92 Å². The zero-order chi connectivity index (χ0) is 15.7. The fourth-order valence-electron chi connectivity index (χ4n) is 1.95. The average molecular weight is 315 g/mol. The first-order valence-corrected chi connectivity index (χ1v) is 7.68. The Kier molecular flexibility index (Phi) is 3.30. The van der Waals surface area contributed by atoms with Gasteiger partial charge in [0.25, 0.3) is 5.69 Å². The molecule has 22 heavy (non-hydrogen) atoms. The molecule has 0 unspecified atom stereocenters. The van der Waals surface area contributed by atoms with Crippen molar-refractivity contribution in [2.75, 3.05) is 0 Å². The van der Waals surface area contributed by atoms with E-state index in [9.17, 15) is 18.5 Å². The second kappa shape index (κ2) is 5.15. The number of hydrogen-bond donors (Lipinski definition) is 0. The van der Waals surface area contributed by atoms with Crippen LogP contribution in [0.1, 0.15) is 0 Å². The Bertz CT molecular complexity index is 972. The van der Waals surface area contributed by atoms with E-state index in [-0.39, 0.29) is 26.6 Å². The summed E-state index contributed by atoms with van der Waals surface area (Å²) in [7, 11) is -3.76. The third kappa shape index (κ3) is 2.40. The summed E-state index contributed by atoms with van der Waals surface area (Å²) in [5.74, 6) is 0. The lowest BCUT2D eigenvalue weighted by Gasteiger charge is -2.04. The van der Waals surface area contributed by atoms with Gasteiger partial charge in [0.2, 0.25) is 9.84 Å². The SMILES string of the molecule is O=[N+]([O-])c1ccc2nc(S(=O)(=O)c3ccccc3)cnc2c1. The van der Waals surface area contributed by atoms with Crippen LogP contribution in [0.15, 0.2) is 64.6 Å². The quantitative estimate of drug-likeness (QED) is 0.543. The molecular formula is C14H9N3O4S. The number of hydrogen-bond acceptors (Lipinski definition) is 6. The van der Waals surface area contributed by atoms with Gasteiger partial charge in [-0.3, -0.25) is 15.1 Å². The number of benzene rings is 2. The smallest absolute Gasteiger partial charge is 0.258 e. The van der Waals surface area contributed by atoms with Crippen molar-refractivity contribution >= 4 is 26.6 Å². The first-order valence-electron chi connectivity index (χ1n) is 6.20. The average Bonchev–Trinajstić information content (AvgIpc) is 2.54. The molecule has 0 aliphatic rings. The molecule has 110 valence electrons. The van der Waals surface area contributed by atoms with E-state index in [0.717, 1.165) is 6.20 Å². The van der Waals surface area contributed by atoms with E-state index < -0.39 is 14.8 Å². The van der Waals surface area contributed by atoms with Crippen LogP contribution in [0.5, 0.6) is 0 Å². The monoisotopic (exact) mass is 315 g/mol. The van der Waals surface area contributed by atoms with Crippen LogP contribution in [-0.2, 0) is 9.84 Å². The lowest BCUT2D eigenvalue weighted by Crippen LogP contribution is -2.05. The Balaban J connectivity index is 2.13. The fraction of sp³-hybridized carbons (Fsp3) is 0. The van der Waals surface area contributed by atoms with Crippen LogP contribution in [0.2, 0.25) is 0 Å². The van der Waals surface area contributed by atoms with E-state index in [1.165, 1.54) is 30.3 Å². The fourth-order valence-corrected chi connectivity index (χ4v) is 3.11. The zero-order valence-corrected chi connectivity index (χ0v) is 11.9. The van der Waals surface area contributed by atoms with Gasteiger partial charge in [-0.2, -0.15) is 0 Å². The third-order valence-corrected chi connectivity index (χ3v) is 4.68. The van der Waals surface area contributed by atoms with Gasteiger partial charge in [-0.1, -0.05) is 18.2 Å². The molecule has 1 aromatic heterocycles. The number of nitro groups is 1. The molecule has 2 aromatic carbocycles. The molecule has 0 fully saturated rings. The minimum atomic E-state index is -3.76. The molecule has 0 spiro atoms. The van der Waals surface area contributed by atoms with Gasteiger partial charge in [0.15, 0.2) is 5.03 Å².